The average molecular weight is 259 g/mol. The Hall–Kier alpha value is -2.43. The number of rotatable bonds is 3. The molecule has 0 spiro atoms. The minimum atomic E-state index is -0.470. The Kier molecular flexibility index (Phi) is 3.75. The van der Waals surface area contributed by atoms with Crippen LogP contribution in [0.15, 0.2) is 36.5 Å². The van der Waals surface area contributed by atoms with Crippen LogP contribution in [0.2, 0.25) is 0 Å². The third-order valence-electron chi connectivity index (χ3n) is 2.68. The van der Waals surface area contributed by atoms with Gasteiger partial charge in [0.15, 0.2) is 0 Å². The van der Waals surface area contributed by atoms with E-state index >= 15 is 0 Å². The van der Waals surface area contributed by atoms with E-state index in [2.05, 4.69) is 15.6 Å². The van der Waals surface area contributed by atoms with Gasteiger partial charge in [-0.2, -0.15) is 0 Å². The Labute approximate surface area is 110 Å². The molecule has 1 heterocycles. The standard InChI is InChI=1S/C14H14FN3O/c1-9-7-13(16-2)10(8-17-9)14(19)18-12-6-4-3-5-11(12)15/h3-8H,1-2H3,(H,16,17)(H,18,19). The van der Waals surface area contributed by atoms with Gasteiger partial charge in [-0.15, -0.1) is 0 Å². The minimum Gasteiger partial charge on any atom is -0.387 e. The first kappa shape index (κ1) is 13.0. The number of halogens is 1. The smallest absolute Gasteiger partial charge is 0.259 e. The number of hydrogen-bond acceptors (Lipinski definition) is 3. The Bertz CT molecular complexity index is 613. The zero-order valence-corrected chi connectivity index (χ0v) is 10.7. The van der Waals surface area contributed by atoms with Crippen LogP contribution in [-0.2, 0) is 0 Å². The fourth-order valence-electron chi connectivity index (χ4n) is 1.70. The number of aromatic nitrogens is 1. The van der Waals surface area contributed by atoms with Gasteiger partial charge >= 0.3 is 0 Å². The highest BCUT2D eigenvalue weighted by molar-refractivity contribution is 6.07. The molecule has 0 atom stereocenters. The molecular formula is C14H14FN3O. The molecule has 0 bridgehead atoms. The Balaban J connectivity index is 2.28. The Morgan fingerprint density at radius 2 is 2.00 bits per heavy atom. The molecule has 2 aromatic rings. The second kappa shape index (κ2) is 5.48. The molecule has 19 heavy (non-hydrogen) atoms. The normalized spacial score (nSPS) is 10.1. The van der Waals surface area contributed by atoms with E-state index in [1.54, 1.807) is 25.2 Å². The molecule has 0 aliphatic rings. The first-order valence-electron chi connectivity index (χ1n) is 5.82. The van der Waals surface area contributed by atoms with Crippen LogP contribution < -0.4 is 10.6 Å². The Morgan fingerprint density at radius 1 is 1.26 bits per heavy atom. The van der Waals surface area contributed by atoms with Crippen LogP contribution in [0, 0.1) is 12.7 Å². The topological polar surface area (TPSA) is 54.0 Å². The number of amides is 1. The van der Waals surface area contributed by atoms with E-state index in [0.29, 0.717) is 11.3 Å². The van der Waals surface area contributed by atoms with E-state index in [1.165, 1.54) is 18.3 Å². The van der Waals surface area contributed by atoms with Crippen LogP contribution in [-0.4, -0.2) is 17.9 Å². The maximum absolute atomic E-state index is 13.5. The van der Waals surface area contributed by atoms with E-state index in [4.69, 9.17) is 0 Å². The quantitative estimate of drug-likeness (QED) is 0.891. The van der Waals surface area contributed by atoms with Crippen LogP contribution in [0.25, 0.3) is 0 Å². The van der Waals surface area contributed by atoms with Crippen molar-refractivity contribution in [2.24, 2.45) is 0 Å². The van der Waals surface area contributed by atoms with Crippen molar-refractivity contribution >= 4 is 17.3 Å². The van der Waals surface area contributed by atoms with Crippen molar-refractivity contribution < 1.29 is 9.18 Å². The van der Waals surface area contributed by atoms with Crippen molar-refractivity contribution in [1.29, 1.82) is 0 Å². The van der Waals surface area contributed by atoms with Crippen LogP contribution in [0.5, 0.6) is 0 Å². The van der Waals surface area contributed by atoms with Crippen LogP contribution in [0.1, 0.15) is 16.1 Å². The fraction of sp³-hybridized carbons (Fsp3) is 0.143. The predicted molar refractivity (Wildman–Crippen MR) is 72.9 cm³/mol. The number of hydrogen-bond donors (Lipinski definition) is 2. The number of carbonyl (C=O) groups excluding carboxylic acids is 1. The van der Waals surface area contributed by atoms with Gasteiger partial charge in [0.2, 0.25) is 0 Å². The van der Waals surface area contributed by atoms with Crippen molar-refractivity contribution in [3.8, 4) is 0 Å². The van der Waals surface area contributed by atoms with Gasteiger partial charge in [0, 0.05) is 18.9 Å². The van der Waals surface area contributed by atoms with Gasteiger partial charge < -0.3 is 10.6 Å². The lowest BCUT2D eigenvalue weighted by Gasteiger charge is -2.10. The summed E-state index contributed by atoms with van der Waals surface area (Å²) < 4.78 is 13.5. The molecule has 2 rings (SSSR count). The summed E-state index contributed by atoms with van der Waals surface area (Å²) in [5.41, 5.74) is 1.97. The highest BCUT2D eigenvalue weighted by Crippen LogP contribution is 2.18. The number of anilines is 2. The van der Waals surface area contributed by atoms with E-state index in [0.717, 1.165) is 5.69 Å². The molecular weight excluding hydrogens is 245 g/mol. The molecule has 0 fully saturated rings. The summed E-state index contributed by atoms with van der Waals surface area (Å²) in [6.45, 7) is 1.83. The van der Waals surface area contributed by atoms with Crippen molar-refractivity contribution in [3.05, 3.63) is 53.6 Å². The number of aryl methyl sites for hydroxylation is 1. The molecule has 1 aromatic heterocycles. The van der Waals surface area contributed by atoms with Crippen LogP contribution >= 0.6 is 0 Å². The van der Waals surface area contributed by atoms with Crippen molar-refractivity contribution in [2.45, 2.75) is 6.92 Å². The highest BCUT2D eigenvalue weighted by atomic mass is 19.1. The number of para-hydroxylation sites is 1. The van der Waals surface area contributed by atoms with Crippen LogP contribution in [0.4, 0.5) is 15.8 Å². The number of nitrogens with one attached hydrogen (secondary N) is 2. The summed E-state index contributed by atoms with van der Waals surface area (Å²) in [6.07, 6.45) is 1.47. The summed E-state index contributed by atoms with van der Waals surface area (Å²) in [6, 6.07) is 7.79. The third-order valence-corrected chi connectivity index (χ3v) is 2.68. The molecule has 0 unspecified atom stereocenters. The van der Waals surface area contributed by atoms with Gasteiger partial charge in [-0.05, 0) is 25.1 Å². The zero-order valence-electron chi connectivity index (χ0n) is 10.7. The first-order valence-corrected chi connectivity index (χ1v) is 5.82. The molecule has 0 aliphatic heterocycles. The Morgan fingerprint density at radius 3 is 2.68 bits per heavy atom. The largest absolute Gasteiger partial charge is 0.387 e. The summed E-state index contributed by atoms with van der Waals surface area (Å²) in [4.78, 5) is 16.2. The van der Waals surface area contributed by atoms with E-state index in [1.807, 2.05) is 6.92 Å². The molecule has 1 amide bonds. The van der Waals surface area contributed by atoms with Gasteiger partial charge in [-0.25, -0.2) is 4.39 Å². The molecule has 98 valence electrons. The summed E-state index contributed by atoms with van der Waals surface area (Å²) in [7, 11) is 1.72. The zero-order chi connectivity index (χ0) is 13.8. The summed E-state index contributed by atoms with van der Waals surface area (Å²) >= 11 is 0. The van der Waals surface area contributed by atoms with E-state index in [9.17, 15) is 9.18 Å². The van der Waals surface area contributed by atoms with Gasteiger partial charge in [0.1, 0.15) is 5.82 Å². The molecule has 0 saturated carbocycles. The van der Waals surface area contributed by atoms with Gasteiger partial charge in [0.05, 0.1) is 16.9 Å². The third kappa shape index (κ3) is 2.88. The molecule has 0 aliphatic carbocycles. The first-order chi connectivity index (χ1) is 9.11. The van der Waals surface area contributed by atoms with E-state index < -0.39 is 11.7 Å². The maximum Gasteiger partial charge on any atom is 0.259 e. The number of carbonyl (C=O) groups is 1. The summed E-state index contributed by atoms with van der Waals surface area (Å²) in [5.74, 6) is -0.871. The molecule has 0 saturated heterocycles. The van der Waals surface area contributed by atoms with Crippen molar-refractivity contribution in [2.75, 3.05) is 17.7 Å². The van der Waals surface area contributed by atoms with Crippen molar-refractivity contribution in [3.63, 3.8) is 0 Å². The molecule has 0 radical (unpaired) electrons. The summed E-state index contributed by atoms with van der Waals surface area (Å²) in [5, 5.41) is 5.45. The maximum atomic E-state index is 13.5. The lowest BCUT2D eigenvalue weighted by molar-refractivity contribution is 0.102. The lowest BCUT2D eigenvalue weighted by Crippen LogP contribution is -2.15. The number of benzene rings is 1. The van der Waals surface area contributed by atoms with Gasteiger partial charge in [-0.1, -0.05) is 12.1 Å². The van der Waals surface area contributed by atoms with Gasteiger partial charge in [-0.3, -0.25) is 9.78 Å². The van der Waals surface area contributed by atoms with Crippen molar-refractivity contribution in [1.82, 2.24) is 4.98 Å². The molecule has 2 N–H and O–H groups in total. The fourth-order valence-corrected chi connectivity index (χ4v) is 1.70. The minimum absolute atomic E-state index is 0.148. The van der Waals surface area contributed by atoms with Gasteiger partial charge in [0.25, 0.3) is 5.91 Å². The molecule has 1 aromatic carbocycles. The lowest BCUT2D eigenvalue weighted by atomic mass is 10.2. The van der Waals surface area contributed by atoms with Crippen LogP contribution in [0.3, 0.4) is 0 Å². The molecule has 5 heteroatoms. The predicted octanol–water partition coefficient (Wildman–Crippen LogP) is 2.82. The number of nitrogens with zero attached hydrogens (tertiary/aromatic N) is 1. The monoisotopic (exact) mass is 259 g/mol. The SMILES string of the molecule is CNc1cc(C)ncc1C(=O)Nc1ccccc1F. The van der Waals surface area contributed by atoms with E-state index in [-0.39, 0.29) is 5.69 Å². The number of pyridine rings is 1. The second-order valence-corrected chi connectivity index (χ2v) is 4.06. The molecule has 4 nitrogen and oxygen atoms in total. The average Bonchev–Trinajstić information content (AvgIpc) is 2.41. The highest BCUT2D eigenvalue weighted by Gasteiger charge is 2.13. The second-order valence-electron chi connectivity index (χ2n) is 4.06.